The molecule has 1 aromatic heterocycles. The van der Waals surface area contributed by atoms with E-state index in [9.17, 15) is 9.59 Å². The molecule has 0 unspecified atom stereocenters. The number of ether oxygens (including phenoxy) is 2. The summed E-state index contributed by atoms with van der Waals surface area (Å²) in [5.41, 5.74) is 7.36. The molecule has 0 bridgehead atoms. The van der Waals surface area contributed by atoms with E-state index in [-0.39, 0.29) is 12.7 Å². The topological polar surface area (TPSA) is 90.7 Å². The second-order valence-electron chi connectivity index (χ2n) is 5.29. The van der Waals surface area contributed by atoms with Gasteiger partial charge in [0.1, 0.15) is 5.00 Å². The maximum absolute atomic E-state index is 12.1. The van der Waals surface area contributed by atoms with Crippen molar-refractivity contribution >= 4 is 34.2 Å². The van der Waals surface area contributed by atoms with Crippen molar-refractivity contribution < 1.29 is 19.1 Å². The summed E-state index contributed by atoms with van der Waals surface area (Å²) in [5.74, 6) is 0.452. The maximum Gasteiger partial charge on any atom is 0.251 e. The molecule has 0 radical (unpaired) electrons. The van der Waals surface area contributed by atoms with Gasteiger partial charge in [-0.2, -0.15) is 0 Å². The third kappa shape index (κ3) is 3.11. The molecule has 0 atom stereocenters. The molecule has 0 saturated heterocycles. The quantitative estimate of drug-likeness (QED) is 0.835. The Balaban J connectivity index is 1.74. The van der Waals surface area contributed by atoms with Crippen molar-refractivity contribution in [3.05, 3.63) is 45.8 Å². The number of nitrogens with one attached hydrogen (secondary N) is 1. The van der Waals surface area contributed by atoms with Gasteiger partial charge >= 0.3 is 0 Å². The summed E-state index contributed by atoms with van der Waals surface area (Å²) in [6.45, 7) is 3.89. The molecular formula is C17H16N2O4S. The summed E-state index contributed by atoms with van der Waals surface area (Å²) in [7, 11) is 0. The number of hydrogen-bond acceptors (Lipinski definition) is 5. The third-order valence-corrected chi connectivity index (χ3v) is 4.81. The highest BCUT2D eigenvalue weighted by Crippen LogP contribution is 2.33. The standard InChI is InChI=1S/C17H16N2O4S/c1-9-10(2)24-17(15(9)16(18)21)19-14(20)6-4-11-3-5-12-13(7-11)23-8-22-12/h3-7H,8H2,1-2H3,(H2,18,21)(H,19,20)/b6-4+. The zero-order valence-corrected chi connectivity index (χ0v) is 14.0. The third-order valence-electron chi connectivity index (χ3n) is 3.69. The number of aryl methyl sites for hydroxylation is 1. The van der Waals surface area contributed by atoms with E-state index in [0.29, 0.717) is 22.1 Å². The number of hydrogen-bond donors (Lipinski definition) is 2. The van der Waals surface area contributed by atoms with Crippen molar-refractivity contribution in [2.24, 2.45) is 5.73 Å². The smallest absolute Gasteiger partial charge is 0.251 e. The van der Waals surface area contributed by atoms with Crippen molar-refractivity contribution in [3.8, 4) is 11.5 Å². The molecule has 7 heteroatoms. The van der Waals surface area contributed by atoms with E-state index >= 15 is 0 Å². The van der Waals surface area contributed by atoms with Crippen LogP contribution in [0.3, 0.4) is 0 Å². The normalized spacial score (nSPS) is 12.6. The van der Waals surface area contributed by atoms with E-state index in [0.717, 1.165) is 16.0 Å². The molecule has 2 heterocycles. The first-order valence-corrected chi connectivity index (χ1v) is 8.06. The molecule has 0 spiro atoms. The fourth-order valence-corrected chi connectivity index (χ4v) is 3.42. The van der Waals surface area contributed by atoms with Gasteiger partial charge in [-0.15, -0.1) is 11.3 Å². The van der Waals surface area contributed by atoms with Crippen molar-refractivity contribution in [1.29, 1.82) is 0 Å². The van der Waals surface area contributed by atoms with Gasteiger partial charge in [-0.05, 0) is 43.2 Å². The van der Waals surface area contributed by atoms with Crippen LogP contribution in [0.25, 0.3) is 6.08 Å². The van der Waals surface area contributed by atoms with Crippen LogP contribution in [0, 0.1) is 13.8 Å². The number of primary amides is 1. The Kier molecular flexibility index (Phi) is 4.26. The van der Waals surface area contributed by atoms with E-state index in [4.69, 9.17) is 15.2 Å². The molecule has 1 aromatic carbocycles. The second kappa shape index (κ2) is 6.37. The lowest BCUT2D eigenvalue weighted by Crippen LogP contribution is -2.16. The minimum absolute atomic E-state index is 0.204. The van der Waals surface area contributed by atoms with Crippen molar-refractivity contribution in [2.45, 2.75) is 13.8 Å². The van der Waals surface area contributed by atoms with Gasteiger partial charge in [0, 0.05) is 11.0 Å². The van der Waals surface area contributed by atoms with Crippen molar-refractivity contribution in [2.75, 3.05) is 12.1 Å². The SMILES string of the molecule is Cc1sc(NC(=O)/C=C/c2ccc3c(c2)OCO3)c(C(N)=O)c1C. The fourth-order valence-electron chi connectivity index (χ4n) is 2.35. The zero-order chi connectivity index (χ0) is 17.3. The highest BCUT2D eigenvalue weighted by Gasteiger charge is 2.18. The van der Waals surface area contributed by atoms with Crippen LogP contribution in [0.1, 0.15) is 26.4 Å². The highest BCUT2D eigenvalue weighted by atomic mass is 32.1. The van der Waals surface area contributed by atoms with Gasteiger partial charge < -0.3 is 20.5 Å². The van der Waals surface area contributed by atoms with Gasteiger partial charge in [-0.1, -0.05) is 6.07 Å². The van der Waals surface area contributed by atoms with Crippen LogP contribution < -0.4 is 20.5 Å². The first kappa shape index (κ1) is 16.1. The molecule has 2 amide bonds. The maximum atomic E-state index is 12.1. The number of carbonyl (C=O) groups is 2. The second-order valence-corrected chi connectivity index (χ2v) is 6.51. The van der Waals surface area contributed by atoms with Gasteiger partial charge in [-0.25, -0.2) is 0 Å². The van der Waals surface area contributed by atoms with Crippen LogP contribution in [0.5, 0.6) is 11.5 Å². The van der Waals surface area contributed by atoms with Crippen LogP contribution >= 0.6 is 11.3 Å². The Hall–Kier alpha value is -2.80. The summed E-state index contributed by atoms with van der Waals surface area (Å²) < 4.78 is 10.5. The molecule has 2 aromatic rings. The number of amides is 2. The lowest BCUT2D eigenvalue weighted by atomic mass is 10.1. The molecule has 0 aliphatic carbocycles. The predicted molar refractivity (Wildman–Crippen MR) is 92.5 cm³/mol. The van der Waals surface area contributed by atoms with E-state index in [1.54, 1.807) is 18.2 Å². The monoisotopic (exact) mass is 344 g/mol. The molecular weight excluding hydrogens is 328 g/mol. The summed E-state index contributed by atoms with van der Waals surface area (Å²) in [4.78, 5) is 24.6. The first-order valence-electron chi connectivity index (χ1n) is 7.24. The lowest BCUT2D eigenvalue weighted by Gasteiger charge is -2.02. The van der Waals surface area contributed by atoms with Crippen LogP contribution in [0.15, 0.2) is 24.3 Å². The van der Waals surface area contributed by atoms with Gasteiger partial charge in [0.25, 0.3) is 5.91 Å². The first-order chi connectivity index (χ1) is 11.5. The number of nitrogens with two attached hydrogens (primary N) is 1. The molecule has 3 N–H and O–H groups in total. The fraction of sp³-hybridized carbons (Fsp3) is 0.176. The average molecular weight is 344 g/mol. The van der Waals surface area contributed by atoms with Gasteiger partial charge in [0.2, 0.25) is 12.7 Å². The Labute approximate surface area is 142 Å². The van der Waals surface area contributed by atoms with Gasteiger partial charge in [0.15, 0.2) is 11.5 Å². The lowest BCUT2D eigenvalue weighted by molar-refractivity contribution is -0.111. The van der Waals surface area contributed by atoms with Crippen LogP contribution in [0.4, 0.5) is 5.00 Å². The summed E-state index contributed by atoms with van der Waals surface area (Å²) in [6.07, 6.45) is 3.06. The zero-order valence-electron chi connectivity index (χ0n) is 13.2. The molecule has 0 saturated carbocycles. The number of benzene rings is 1. The molecule has 1 aliphatic rings. The Morgan fingerprint density at radius 3 is 2.75 bits per heavy atom. The van der Waals surface area contributed by atoms with E-state index in [2.05, 4.69) is 5.32 Å². The number of anilines is 1. The van der Waals surface area contributed by atoms with Gasteiger partial charge in [-0.3, -0.25) is 9.59 Å². The Morgan fingerprint density at radius 2 is 2.00 bits per heavy atom. The minimum atomic E-state index is -0.549. The van der Waals surface area contributed by atoms with E-state index in [1.807, 2.05) is 19.9 Å². The van der Waals surface area contributed by atoms with Crippen LogP contribution in [0.2, 0.25) is 0 Å². The highest BCUT2D eigenvalue weighted by molar-refractivity contribution is 7.16. The van der Waals surface area contributed by atoms with Gasteiger partial charge in [0.05, 0.1) is 5.56 Å². The predicted octanol–water partition coefficient (Wildman–Crippen LogP) is 2.84. The molecule has 0 fully saturated rings. The molecule has 3 rings (SSSR count). The average Bonchev–Trinajstić information content (AvgIpc) is 3.09. The number of thiophene rings is 1. The molecule has 1 aliphatic heterocycles. The molecule has 24 heavy (non-hydrogen) atoms. The van der Waals surface area contributed by atoms with Crippen molar-refractivity contribution in [3.63, 3.8) is 0 Å². The largest absolute Gasteiger partial charge is 0.454 e. The number of carbonyl (C=O) groups excluding carboxylic acids is 2. The van der Waals surface area contributed by atoms with E-state index < -0.39 is 5.91 Å². The summed E-state index contributed by atoms with van der Waals surface area (Å²) in [5, 5.41) is 3.18. The summed E-state index contributed by atoms with van der Waals surface area (Å²) >= 11 is 1.33. The number of fused-ring (bicyclic) bond motifs is 1. The molecule has 6 nitrogen and oxygen atoms in total. The Bertz CT molecular complexity index is 855. The minimum Gasteiger partial charge on any atom is -0.454 e. The Morgan fingerprint density at radius 1 is 1.25 bits per heavy atom. The number of rotatable bonds is 4. The van der Waals surface area contributed by atoms with E-state index in [1.165, 1.54) is 17.4 Å². The summed E-state index contributed by atoms with van der Waals surface area (Å²) in [6, 6.07) is 5.41. The van der Waals surface area contributed by atoms with Crippen molar-refractivity contribution in [1.82, 2.24) is 0 Å². The van der Waals surface area contributed by atoms with Crippen LogP contribution in [-0.2, 0) is 4.79 Å². The van der Waals surface area contributed by atoms with Crippen LogP contribution in [-0.4, -0.2) is 18.6 Å². The molecule has 124 valence electrons.